The molecule has 0 bridgehead atoms. The Bertz CT molecular complexity index is 890. The van der Waals surface area contributed by atoms with Crippen LogP contribution in [-0.4, -0.2) is 24.7 Å². The van der Waals surface area contributed by atoms with Crippen LogP contribution in [0.4, 0.5) is 0 Å². The number of hydrogen-bond donors (Lipinski definition) is 1. The van der Waals surface area contributed by atoms with Gasteiger partial charge in [0.05, 0.1) is 13.2 Å². The van der Waals surface area contributed by atoms with Gasteiger partial charge in [-0.1, -0.05) is 19.1 Å². The Hall–Kier alpha value is -2.69. The summed E-state index contributed by atoms with van der Waals surface area (Å²) >= 11 is 0. The quantitative estimate of drug-likeness (QED) is 0.754. The van der Waals surface area contributed by atoms with Gasteiger partial charge in [0.2, 0.25) is 0 Å². The van der Waals surface area contributed by atoms with Gasteiger partial charge >= 0.3 is 0 Å². The van der Waals surface area contributed by atoms with E-state index in [1.165, 1.54) is 0 Å². The summed E-state index contributed by atoms with van der Waals surface area (Å²) in [6.45, 7) is 10.1. The van der Waals surface area contributed by atoms with Crippen LogP contribution < -0.4 is 19.5 Å². The van der Waals surface area contributed by atoms with E-state index in [9.17, 15) is 4.79 Å². The van der Waals surface area contributed by atoms with Crippen LogP contribution in [-0.2, 0) is 4.79 Å². The number of ether oxygens (including phenoxy) is 3. The third-order valence-corrected chi connectivity index (χ3v) is 5.48. The number of benzene rings is 2. The molecule has 2 aromatic carbocycles. The van der Waals surface area contributed by atoms with E-state index in [4.69, 9.17) is 14.2 Å². The summed E-state index contributed by atoms with van der Waals surface area (Å²) in [5.41, 5.74) is 2.77. The van der Waals surface area contributed by atoms with E-state index in [-0.39, 0.29) is 11.9 Å². The van der Waals surface area contributed by atoms with E-state index in [0.29, 0.717) is 12.8 Å². The molecule has 1 aliphatic heterocycles. The fourth-order valence-corrected chi connectivity index (χ4v) is 3.68. The molecule has 5 nitrogen and oxygen atoms in total. The molecule has 1 amide bonds. The number of methoxy groups -OCH3 is 1. The molecule has 1 N–H and O–H groups in total. The molecule has 29 heavy (non-hydrogen) atoms. The largest absolute Gasteiger partial charge is 0.497 e. The maximum atomic E-state index is 13.1. The van der Waals surface area contributed by atoms with E-state index >= 15 is 0 Å². The average molecular weight is 398 g/mol. The van der Waals surface area contributed by atoms with Crippen molar-refractivity contribution >= 4 is 5.91 Å². The number of carbonyl (C=O) groups is 1. The van der Waals surface area contributed by atoms with Crippen LogP contribution in [0.2, 0.25) is 0 Å². The molecule has 3 rings (SSSR count). The van der Waals surface area contributed by atoms with Crippen molar-refractivity contribution in [3.63, 3.8) is 0 Å². The van der Waals surface area contributed by atoms with Gasteiger partial charge in [0.1, 0.15) is 22.8 Å². The van der Waals surface area contributed by atoms with Crippen molar-refractivity contribution in [1.29, 1.82) is 0 Å². The Morgan fingerprint density at radius 1 is 1.28 bits per heavy atom. The third-order valence-electron chi connectivity index (χ3n) is 5.48. The highest BCUT2D eigenvalue weighted by molar-refractivity contribution is 5.81. The zero-order chi connectivity index (χ0) is 21.2. The summed E-state index contributed by atoms with van der Waals surface area (Å²) in [5, 5.41) is 3.19. The first-order valence-corrected chi connectivity index (χ1v) is 10.1. The van der Waals surface area contributed by atoms with Gasteiger partial charge in [-0.05, 0) is 63.4 Å². The molecule has 5 heteroatoms. The third kappa shape index (κ3) is 4.66. The molecule has 2 atom stereocenters. The second-order valence-electron chi connectivity index (χ2n) is 8.24. The van der Waals surface area contributed by atoms with Gasteiger partial charge in [-0.2, -0.15) is 0 Å². The lowest BCUT2D eigenvalue weighted by Gasteiger charge is -2.38. The summed E-state index contributed by atoms with van der Waals surface area (Å²) in [6.07, 6.45) is 0.711. The minimum absolute atomic E-state index is 0.113. The first-order chi connectivity index (χ1) is 13.7. The molecular weight excluding hydrogens is 366 g/mol. The lowest BCUT2D eigenvalue weighted by atomic mass is 9.89. The molecule has 0 saturated carbocycles. The standard InChI is InChI=1S/C24H31NO4/c1-7-20(28-21-10-8-9-15(2)16(21)3)23(26)25-19-14-24(4,5)29-22-13-17(27-6)11-12-18(19)22/h8-13,19-20H,7,14H2,1-6H3,(H,25,26)/t19-,20+/m1/s1. The van der Waals surface area contributed by atoms with Crippen LogP contribution >= 0.6 is 0 Å². The lowest BCUT2D eigenvalue weighted by molar-refractivity contribution is -0.129. The van der Waals surface area contributed by atoms with Crippen LogP contribution in [0, 0.1) is 13.8 Å². The zero-order valence-electron chi connectivity index (χ0n) is 18.2. The number of amides is 1. The highest BCUT2D eigenvalue weighted by Crippen LogP contribution is 2.41. The van der Waals surface area contributed by atoms with E-state index in [2.05, 4.69) is 5.32 Å². The molecule has 1 aliphatic rings. The molecule has 0 fully saturated rings. The highest BCUT2D eigenvalue weighted by atomic mass is 16.5. The van der Waals surface area contributed by atoms with Gasteiger partial charge in [-0.25, -0.2) is 0 Å². The van der Waals surface area contributed by atoms with Gasteiger partial charge < -0.3 is 19.5 Å². The average Bonchev–Trinajstić information content (AvgIpc) is 2.67. The first kappa shape index (κ1) is 21.0. The Labute approximate surface area is 173 Å². The maximum absolute atomic E-state index is 13.1. The molecule has 0 radical (unpaired) electrons. The summed E-state index contributed by atoms with van der Waals surface area (Å²) in [4.78, 5) is 13.1. The minimum atomic E-state index is -0.553. The van der Waals surface area contributed by atoms with Crippen LogP contribution in [0.15, 0.2) is 36.4 Å². The second kappa shape index (κ2) is 8.36. The van der Waals surface area contributed by atoms with Crippen molar-refractivity contribution in [2.45, 2.75) is 65.2 Å². The second-order valence-corrected chi connectivity index (χ2v) is 8.24. The van der Waals surface area contributed by atoms with Gasteiger partial charge in [-0.15, -0.1) is 0 Å². The Morgan fingerprint density at radius 3 is 2.72 bits per heavy atom. The normalized spacial score (nSPS) is 18.2. The molecule has 0 aliphatic carbocycles. The molecule has 0 unspecified atom stereocenters. The van der Waals surface area contributed by atoms with E-state index in [0.717, 1.165) is 33.9 Å². The maximum Gasteiger partial charge on any atom is 0.261 e. The van der Waals surface area contributed by atoms with Crippen LogP contribution in [0.1, 0.15) is 56.3 Å². The van der Waals surface area contributed by atoms with Gasteiger partial charge in [0.15, 0.2) is 6.10 Å². The van der Waals surface area contributed by atoms with Crippen LogP contribution in [0.5, 0.6) is 17.2 Å². The monoisotopic (exact) mass is 397 g/mol. The van der Waals surface area contributed by atoms with E-state index in [1.807, 2.05) is 71.0 Å². The number of hydrogen-bond acceptors (Lipinski definition) is 4. The topological polar surface area (TPSA) is 56.8 Å². The van der Waals surface area contributed by atoms with E-state index < -0.39 is 11.7 Å². The molecule has 0 spiro atoms. The van der Waals surface area contributed by atoms with Crippen molar-refractivity contribution in [1.82, 2.24) is 5.32 Å². The van der Waals surface area contributed by atoms with Gasteiger partial charge in [-0.3, -0.25) is 4.79 Å². The fourth-order valence-electron chi connectivity index (χ4n) is 3.68. The number of rotatable bonds is 6. The Balaban J connectivity index is 1.80. The van der Waals surface area contributed by atoms with Gasteiger partial charge in [0.25, 0.3) is 5.91 Å². The SMILES string of the molecule is CC[C@H](Oc1cccc(C)c1C)C(=O)N[C@@H]1CC(C)(C)Oc2cc(OC)ccc21. The summed E-state index contributed by atoms with van der Waals surface area (Å²) in [7, 11) is 1.63. The number of nitrogens with one attached hydrogen (secondary N) is 1. The fraction of sp³-hybridized carbons (Fsp3) is 0.458. The summed E-state index contributed by atoms with van der Waals surface area (Å²) in [5.74, 6) is 2.12. The Kier molecular flexibility index (Phi) is 6.06. The molecule has 156 valence electrons. The highest BCUT2D eigenvalue weighted by Gasteiger charge is 2.36. The van der Waals surface area contributed by atoms with Crippen molar-refractivity contribution in [3.8, 4) is 17.2 Å². The van der Waals surface area contributed by atoms with Gasteiger partial charge in [0, 0.05) is 18.1 Å². The number of carbonyl (C=O) groups excluding carboxylic acids is 1. The van der Waals surface area contributed by atoms with Crippen molar-refractivity contribution in [3.05, 3.63) is 53.1 Å². The van der Waals surface area contributed by atoms with Crippen molar-refractivity contribution < 1.29 is 19.0 Å². The first-order valence-electron chi connectivity index (χ1n) is 10.1. The van der Waals surface area contributed by atoms with Crippen LogP contribution in [0.25, 0.3) is 0 Å². The van der Waals surface area contributed by atoms with E-state index in [1.54, 1.807) is 7.11 Å². The molecule has 0 saturated heterocycles. The minimum Gasteiger partial charge on any atom is -0.497 e. The molecular formula is C24H31NO4. The number of fused-ring (bicyclic) bond motifs is 1. The molecule has 1 heterocycles. The molecule has 2 aromatic rings. The van der Waals surface area contributed by atoms with Crippen LogP contribution in [0.3, 0.4) is 0 Å². The molecule has 0 aromatic heterocycles. The Morgan fingerprint density at radius 2 is 2.03 bits per heavy atom. The summed E-state index contributed by atoms with van der Waals surface area (Å²) < 4.78 is 17.5. The predicted octanol–water partition coefficient (Wildman–Crippen LogP) is 4.89. The predicted molar refractivity (Wildman–Crippen MR) is 114 cm³/mol. The summed E-state index contributed by atoms with van der Waals surface area (Å²) in [6, 6.07) is 11.5. The van der Waals surface area contributed by atoms with Crippen molar-refractivity contribution in [2.24, 2.45) is 0 Å². The lowest BCUT2D eigenvalue weighted by Crippen LogP contribution is -2.45. The zero-order valence-corrected chi connectivity index (χ0v) is 18.2. The number of aryl methyl sites for hydroxylation is 1. The van der Waals surface area contributed by atoms with Crippen molar-refractivity contribution in [2.75, 3.05) is 7.11 Å². The smallest absolute Gasteiger partial charge is 0.261 e.